The summed E-state index contributed by atoms with van der Waals surface area (Å²) >= 11 is 0. The summed E-state index contributed by atoms with van der Waals surface area (Å²) in [6.07, 6.45) is 4.84. The molecule has 0 atom stereocenters. The molecule has 28 heavy (non-hydrogen) atoms. The van der Waals surface area contributed by atoms with E-state index in [1.165, 1.54) is 6.20 Å². The van der Waals surface area contributed by atoms with Crippen LogP contribution < -0.4 is 16.0 Å². The normalized spacial score (nSPS) is 13.9. The third-order valence-corrected chi connectivity index (χ3v) is 4.52. The van der Waals surface area contributed by atoms with E-state index in [4.69, 9.17) is 0 Å². The van der Waals surface area contributed by atoms with Crippen molar-refractivity contribution in [1.82, 2.24) is 20.2 Å². The van der Waals surface area contributed by atoms with E-state index in [-0.39, 0.29) is 11.9 Å². The number of amides is 3. The lowest BCUT2D eigenvalue weighted by molar-refractivity contribution is 0.102. The number of pyridine rings is 2. The van der Waals surface area contributed by atoms with Gasteiger partial charge in [-0.05, 0) is 30.3 Å². The van der Waals surface area contributed by atoms with Crippen LogP contribution in [-0.4, -0.2) is 53.0 Å². The van der Waals surface area contributed by atoms with Gasteiger partial charge >= 0.3 is 6.03 Å². The number of nitrogens with zero attached hydrogens (tertiary/aromatic N) is 3. The number of benzene rings is 1. The smallest absolute Gasteiger partial charge is 0.321 e. The van der Waals surface area contributed by atoms with Gasteiger partial charge in [0.15, 0.2) is 0 Å². The first-order valence-electron chi connectivity index (χ1n) is 9.07. The van der Waals surface area contributed by atoms with Crippen molar-refractivity contribution in [1.29, 1.82) is 0 Å². The number of hydrogen-bond acceptors (Lipinski definition) is 5. The van der Waals surface area contributed by atoms with Gasteiger partial charge in [0.2, 0.25) is 0 Å². The number of carbonyl (C=O) groups excluding carboxylic acids is 2. The molecule has 8 heteroatoms. The number of urea groups is 1. The van der Waals surface area contributed by atoms with Crippen molar-refractivity contribution in [3.05, 3.63) is 60.6 Å². The lowest BCUT2D eigenvalue weighted by Gasteiger charge is -2.27. The highest BCUT2D eigenvalue weighted by molar-refractivity contribution is 6.06. The summed E-state index contributed by atoms with van der Waals surface area (Å²) in [5.41, 5.74) is 2.41. The molecule has 2 aromatic heterocycles. The second kappa shape index (κ2) is 8.01. The van der Waals surface area contributed by atoms with Gasteiger partial charge in [-0.25, -0.2) is 4.79 Å². The molecule has 3 amide bonds. The molecule has 1 aliphatic rings. The summed E-state index contributed by atoms with van der Waals surface area (Å²) < 4.78 is 0. The van der Waals surface area contributed by atoms with E-state index in [0.717, 1.165) is 24.0 Å². The summed E-state index contributed by atoms with van der Waals surface area (Å²) in [7, 11) is 0. The molecule has 1 fully saturated rings. The Balaban J connectivity index is 1.44. The number of piperazine rings is 1. The van der Waals surface area contributed by atoms with Crippen molar-refractivity contribution in [2.24, 2.45) is 0 Å². The molecule has 3 aromatic rings. The van der Waals surface area contributed by atoms with Crippen LogP contribution in [0, 0.1) is 0 Å². The first-order chi connectivity index (χ1) is 13.7. The number of hydrogen-bond donors (Lipinski definition) is 3. The standard InChI is InChI=1S/C20H20N6O2/c27-19(15-10-14-4-5-22-13-18(14)23-12-15)24-16-2-1-3-17(11-16)25-20(28)26-8-6-21-7-9-26/h1-5,10-13,21H,6-9H2,(H,24,27)(H,25,28). The van der Waals surface area contributed by atoms with Gasteiger partial charge in [0.05, 0.1) is 17.3 Å². The molecule has 1 aliphatic heterocycles. The van der Waals surface area contributed by atoms with E-state index >= 15 is 0 Å². The molecular weight excluding hydrogens is 356 g/mol. The van der Waals surface area contributed by atoms with Crippen LogP contribution in [0.3, 0.4) is 0 Å². The van der Waals surface area contributed by atoms with E-state index in [9.17, 15) is 9.59 Å². The largest absolute Gasteiger partial charge is 0.322 e. The number of carbonyl (C=O) groups is 2. The molecule has 0 spiro atoms. The number of anilines is 2. The number of nitrogens with one attached hydrogen (secondary N) is 3. The van der Waals surface area contributed by atoms with E-state index in [1.54, 1.807) is 47.6 Å². The van der Waals surface area contributed by atoms with Gasteiger partial charge in [0, 0.05) is 55.3 Å². The summed E-state index contributed by atoms with van der Waals surface area (Å²) in [6.45, 7) is 2.93. The van der Waals surface area contributed by atoms with Crippen LogP contribution in [0.2, 0.25) is 0 Å². The third kappa shape index (κ3) is 4.07. The summed E-state index contributed by atoms with van der Waals surface area (Å²) in [6, 6.07) is 10.5. The van der Waals surface area contributed by atoms with Gasteiger partial charge in [-0.3, -0.25) is 14.8 Å². The van der Waals surface area contributed by atoms with Gasteiger partial charge in [-0.15, -0.1) is 0 Å². The number of fused-ring (bicyclic) bond motifs is 1. The molecule has 8 nitrogen and oxygen atoms in total. The summed E-state index contributed by atoms with van der Waals surface area (Å²) in [5.74, 6) is -0.267. The van der Waals surface area contributed by atoms with Crippen LogP contribution >= 0.6 is 0 Å². The lowest BCUT2D eigenvalue weighted by atomic mass is 10.2. The fraction of sp³-hybridized carbons (Fsp3) is 0.200. The fourth-order valence-corrected chi connectivity index (χ4v) is 3.04. The topological polar surface area (TPSA) is 99.2 Å². The zero-order valence-corrected chi connectivity index (χ0v) is 15.2. The number of rotatable bonds is 3. The van der Waals surface area contributed by atoms with Crippen LogP contribution in [0.4, 0.5) is 16.2 Å². The maximum absolute atomic E-state index is 12.6. The van der Waals surface area contributed by atoms with Crippen LogP contribution in [0.15, 0.2) is 55.0 Å². The van der Waals surface area contributed by atoms with E-state index in [0.29, 0.717) is 30.0 Å². The van der Waals surface area contributed by atoms with Crippen LogP contribution in [0.25, 0.3) is 10.9 Å². The lowest BCUT2D eigenvalue weighted by Crippen LogP contribution is -2.48. The predicted molar refractivity (Wildman–Crippen MR) is 107 cm³/mol. The quantitative estimate of drug-likeness (QED) is 0.652. The zero-order chi connectivity index (χ0) is 19.3. The van der Waals surface area contributed by atoms with Gasteiger partial charge in [-0.1, -0.05) is 6.07 Å². The fourth-order valence-electron chi connectivity index (χ4n) is 3.04. The van der Waals surface area contributed by atoms with Gasteiger partial charge in [0.25, 0.3) is 5.91 Å². The monoisotopic (exact) mass is 376 g/mol. The van der Waals surface area contributed by atoms with Crippen molar-refractivity contribution in [3.8, 4) is 0 Å². The minimum atomic E-state index is -0.267. The Morgan fingerprint density at radius 1 is 1.00 bits per heavy atom. The Morgan fingerprint density at radius 2 is 1.79 bits per heavy atom. The molecule has 1 saturated heterocycles. The van der Waals surface area contributed by atoms with Crippen molar-refractivity contribution in [3.63, 3.8) is 0 Å². The highest BCUT2D eigenvalue weighted by Crippen LogP contribution is 2.18. The second-order valence-electron chi connectivity index (χ2n) is 6.49. The molecule has 0 unspecified atom stereocenters. The molecular formula is C20H20N6O2. The first-order valence-corrected chi connectivity index (χ1v) is 9.07. The maximum atomic E-state index is 12.6. The maximum Gasteiger partial charge on any atom is 0.321 e. The van der Waals surface area contributed by atoms with Crippen LogP contribution in [0.5, 0.6) is 0 Å². The molecule has 3 N–H and O–H groups in total. The van der Waals surface area contributed by atoms with Crippen molar-refractivity contribution in [2.45, 2.75) is 0 Å². The van der Waals surface area contributed by atoms with E-state index in [1.807, 2.05) is 6.07 Å². The molecule has 1 aromatic carbocycles. The minimum absolute atomic E-state index is 0.141. The van der Waals surface area contributed by atoms with Crippen LogP contribution in [-0.2, 0) is 0 Å². The number of aromatic nitrogens is 2. The van der Waals surface area contributed by atoms with Gasteiger partial charge in [-0.2, -0.15) is 0 Å². The highest BCUT2D eigenvalue weighted by atomic mass is 16.2. The predicted octanol–water partition coefficient (Wildman–Crippen LogP) is 2.32. The van der Waals surface area contributed by atoms with Crippen molar-refractivity contribution < 1.29 is 9.59 Å². The minimum Gasteiger partial charge on any atom is -0.322 e. The average molecular weight is 376 g/mol. The van der Waals surface area contributed by atoms with Crippen LogP contribution in [0.1, 0.15) is 10.4 Å². The Morgan fingerprint density at radius 3 is 2.61 bits per heavy atom. The summed E-state index contributed by atoms with van der Waals surface area (Å²) in [4.78, 5) is 34.9. The molecule has 0 saturated carbocycles. The van der Waals surface area contributed by atoms with E-state index in [2.05, 4.69) is 25.9 Å². The second-order valence-corrected chi connectivity index (χ2v) is 6.49. The third-order valence-electron chi connectivity index (χ3n) is 4.52. The highest BCUT2D eigenvalue weighted by Gasteiger charge is 2.16. The zero-order valence-electron chi connectivity index (χ0n) is 15.2. The van der Waals surface area contributed by atoms with Crippen molar-refractivity contribution in [2.75, 3.05) is 36.8 Å². The molecule has 0 radical (unpaired) electrons. The molecule has 0 bridgehead atoms. The molecule has 4 rings (SSSR count). The Labute approximate surface area is 162 Å². The van der Waals surface area contributed by atoms with Crippen molar-refractivity contribution >= 4 is 34.2 Å². The Kier molecular flexibility index (Phi) is 5.11. The Bertz CT molecular complexity index is 1020. The SMILES string of the molecule is O=C(Nc1cccc(NC(=O)N2CCNCC2)c1)c1cnc2cnccc2c1. The van der Waals surface area contributed by atoms with E-state index < -0.39 is 0 Å². The molecule has 0 aliphatic carbocycles. The summed E-state index contributed by atoms with van der Waals surface area (Å²) in [5, 5.41) is 9.78. The molecule has 3 heterocycles. The first kappa shape index (κ1) is 17.9. The average Bonchev–Trinajstić information content (AvgIpc) is 2.74. The van der Waals surface area contributed by atoms with Gasteiger partial charge < -0.3 is 20.9 Å². The Hall–Kier alpha value is -3.52. The van der Waals surface area contributed by atoms with Gasteiger partial charge in [0.1, 0.15) is 0 Å². The molecule has 142 valence electrons.